The Labute approximate surface area is 75.1 Å². The zero-order chi connectivity index (χ0) is 8.77. The van der Waals surface area contributed by atoms with E-state index in [9.17, 15) is 0 Å². The van der Waals surface area contributed by atoms with E-state index in [1.165, 1.54) is 0 Å². The van der Waals surface area contributed by atoms with Crippen molar-refractivity contribution in [3.05, 3.63) is 0 Å². The van der Waals surface area contributed by atoms with Crippen molar-refractivity contribution in [3.8, 4) is 0 Å². The first-order chi connectivity index (χ1) is 5.62. The highest BCUT2D eigenvalue weighted by molar-refractivity contribution is 7.80. The molecule has 2 aliphatic rings. The lowest BCUT2D eigenvalue weighted by molar-refractivity contribution is 0.432. The minimum Gasteiger partial charge on any atom is -0.370 e. The van der Waals surface area contributed by atoms with Crippen molar-refractivity contribution < 1.29 is 0 Å². The van der Waals surface area contributed by atoms with Crippen molar-refractivity contribution in [2.45, 2.75) is 18.6 Å². The van der Waals surface area contributed by atoms with Gasteiger partial charge in [0.15, 0.2) is 11.6 Å². The van der Waals surface area contributed by atoms with Crippen LogP contribution < -0.4 is 16.4 Å². The summed E-state index contributed by atoms with van der Waals surface area (Å²) in [5.74, 6) is 0.344. The van der Waals surface area contributed by atoms with E-state index in [4.69, 9.17) is 18.0 Å². The number of nitrogens with one attached hydrogen (secondary N) is 2. The summed E-state index contributed by atoms with van der Waals surface area (Å²) in [7, 11) is 0. The topological polar surface area (TPSA) is 74.8 Å². The van der Waals surface area contributed by atoms with Crippen molar-refractivity contribution in [2.75, 3.05) is 0 Å². The van der Waals surface area contributed by atoms with Gasteiger partial charge in [-0.05, 0) is 6.92 Å². The van der Waals surface area contributed by atoms with Gasteiger partial charge in [0.1, 0.15) is 11.0 Å². The molecular weight excluding hydrogens is 174 g/mol. The van der Waals surface area contributed by atoms with Crippen LogP contribution in [0.1, 0.15) is 6.92 Å². The normalized spacial score (nSPS) is 38.2. The Hall–Kier alpha value is -1.17. The van der Waals surface area contributed by atoms with Gasteiger partial charge in [0.05, 0.1) is 6.34 Å². The fourth-order valence-corrected chi connectivity index (χ4v) is 1.75. The van der Waals surface area contributed by atoms with E-state index in [1.807, 2.05) is 6.92 Å². The second-order valence-corrected chi connectivity index (χ2v) is 3.40. The smallest absolute Gasteiger partial charge is 0.196 e. The molecule has 0 aromatic carbocycles. The third-order valence-corrected chi connectivity index (χ3v) is 2.29. The van der Waals surface area contributed by atoms with Crippen LogP contribution in [-0.2, 0) is 0 Å². The molecule has 0 aromatic heterocycles. The van der Waals surface area contributed by atoms with Crippen LogP contribution in [0.3, 0.4) is 0 Å². The fraction of sp³-hybridized carbons (Fsp3) is 0.500. The van der Waals surface area contributed by atoms with Gasteiger partial charge in [-0.3, -0.25) is 4.99 Å². The van der Waals surface area contributed by atoms with E-state index in [1.54, 1.807) is 6.34 Å². The molecule has 0 amide bonds. The Kier molecular flexibility index (Phi) is 1.35. The summed E-state index contributed by atoms with van der Waals surface area (Å²) < 4.78 is 0. The van der Waals surface area contributed by atoms with E-state index in [0.717, 1.165) is 0 Å². The molecule has 2 rings (SSSR count). The van der Waals surface area contributed by atoms with Gasteiger partial charge >= 0.3 is 0 Å². The molecule has 2 aliphatic heterocycles. The van der Waals surface area contributed by atoms with Gasteiger partial charge in [-0.1, -0.05) is 12.2 Å². The van der Waals surface area contributed by atoms with E-state index in [-0.39, 0.29) is 6.04 Å². The first-order valence-electron chi connectivity index (χ1n) is 3.57. The molecule has 2 unspecified atom stereocenters. The zero-order valence-electron chi connectivity index (χ0n) is 6.53. The first kappa shape index (κ1) is 7.48. The predicted octanol–water partition coefficient (Wildman–Crippen LogP) is -1.05. The van der Waals surface area contributed by atoms with Gasteiger partial charge < -0.3 is 16.4 Å². The summed E-state index contributed by atoms with van der Waals surface area (Å²) in [5.41, 5.74) is 5.04. The molecule has 2 atom stereocenters. The number of thiocarbonyl (C=S) groups is 1. The number of fused-ring (bicyclic) bond motifs is 1. The minimum absolute atomic E-state index is 0.125. The summed E-state index contributed by atoms with van der Waals surface area (Å²) in [6.07, 6.45) is 1.61. The SMILES string of the molecule is CC12N=C(N)NC(=S)C1N=CN2. The number of rotatable bonds is 0. The third kappa shape index (κ3) is 0.878. The molecule has 64 valence electrons. The fourth-order valence-electron chi connectivity index (χ4n) is 1.36. The van der Waals surface area contributed by atoms with E-state index in [2.05, 4.69) is 20.6 Å². The molecule has 12 heavy (non-hydrogen) atoms. The van der Waals surface area contributed by atoms with Crippen molar-refractivity contribution >= 4 is 29.5 Å². The Balaban J connectivity index is 2.42. The van der Waals surface area contributed by atoms with Crippen LogP contribution in [0.2, 0.25) is 0 Å². The monoisotopic (exact) mass is 183 g/mol. The van der Waals surface area contributed by atoms with Crippen LogP contribution in [0.4, 0.5) is 0 Å². The Morgan fingerprint density at radius 3 is 3.25 bits per heavy atom. The summed E-state index contributed by atoms with van der Waals surface area (Å²) in [6, 6.07) is -0.125. The molecule has 4 N–H and O–H groups in total. The maximum atomic E-state index is 5.52. The number of nitrogens with zero attached hydrogens (tertiary/aromatic N) is 2. The maximum absolute atomic E-state index is 5.52. The molecule has 0 aromatic rings. The lowest BCUT2D eigenvalue weighted by Gasteiger charge is -2.31. The molecule has 0 fully saturated rings. The minimum atomic E-state index is -0.480. The second kappa shape index (κ2) is 2.16. The lowest BCUT2D eigenvalue weighted by Crippen LogP contribution is -2.58. The van der Waals surface area contributed by atoms with Crippen molar-refractivity contribution in [3.63, 3.8) is 0 Å². The third-order valence-electron chi connectivity index (χ3n) is 1.97. The maximum Gasteiger partial charge on any atom is 0.196 e. The van der Waals surface area contributed by atoms with E-state index < -0.39 is 5.66 Å². The molecule has 0 saturated carbocycles. The molecule has 2 heterocycles. The molecular formula is C6H9N5S. The quantitative estimate of drug-likeness (QED) is 0.419. The van der Waals surface area contributed by atoms with Crippen molar-refractivity contribution in [1.82, 2.24) is 10.6 Å². The highest BCUT2D eigenvalue weighted by Crippen LogP contribution is 2.22. The molecule has 0 radical (unpaired) electrons. The van der Waals surface area contributed by atoms with E-state index >= 15 is 0 Å². The van der Waals surface area contributed by atoms with Gasteiger partial charge in [-0.15, -0.1) is 0 Å². The predicted molar refractivity (Wildman–Crippen MR) is 51.2 cm³/mol. The van der Waals surface area contributed by atoms with Gasteiger partial charge in [-0.2, -0.15) is 0 Å². The highest BCUT2D eigenvalue weighted by Gasteiger charge is 2.42. The second-order valence-electron chi connectivity index (χ2n) is 2.96. The van der Waals surface area contributed by atoms with Crippen molar-refractivity contribution in [2.24, 2.45) is 15.7 Å². The standard InChI is InChI=1S/C6H9N5S/c1-6-3(8-2-9-6)4(12)10-5(7)11-6/h2-3H,1H3,(H,8,9)(H3,7,10,11,12). The average molecular weight is 183 g/mol. The summed E-state index contributed by atoms with van der Waals surface area (Å²) in [4.78, 5) is 8.95. The van der Waals surface area contributed by atoms with Gasteiger partial charge in [0.2, 0.25) is 0 Å². The van der Waals surface area contributed by atoms with Gasteiger partial charge in [0.25, 0.3) is 0 Å². The molecule has 0 aliphatic carbocycles. The summed E-state index contributed by atoms with van der Waals surface area (Å²) >= 11 is 5.07. The van der Waals surface area contributed by atoms with Crippen LogP contribution in [0.25, 0.3) is 0 Å². The number of nitrogens with two attached hydrogens (primary N) is 1. The molecule has 6 heteroatoms. The highest BCUT2D eigenvalue weighted by atomic mass is 32.1. The number of aliphatic imine (C=N–C) groups is 2. The number of hydrogen-bond donors (Lipinski definition) is 3. The van der Waals surface area contributed by atoms with Gasteiger partial charge in [-0.25, -0.2) is 4.99 Å². The number of guanidine groups is 1. The summed E-state index contributed by atoms with van der Waals surface area (Å²) in [6.45, 7) is 1.91. The Morgan fingerprint density at radius 2 is 2.50 bits per heavy atom. The largest absolute Gasteiger partial charge is 0.370 e. The average Bonchev–Trinajstić information content (AvgIpc) is 2.29. The first-order valence-corrected chi connectivity index (χ1v) is 3.98. The number of hydrogen-bond acceptors (Lipinski definition) is 5. The molecule has 0 saturated heterocycles. The zero-order valence-corrected chi connectivity index (χ0v) is 7.35. The van der Waals surface area contributed by atoms with Crippen LogP contribution in [-0.4, -0.2) is 29.0 Å². The molecule has 0 bridgehead atoms. The van der Waals surface area contributed by atoms with Gasteiger partial charge in [0, 0.05) is 0 Å². The van der Waals surface area contributed by atoms with Crippen LogP contribution >= 0.6 is 12.2 Å². The van der Waals surface area contributed by atoms with E-state index in [0.29, 0.717) is 10.9 Å². The Bertz CT molecular complexity index is 296. The summed E-state index contributed by atoms with van der Waals surface area (Å²) in [5, 5.41) is 5.79. The van der Waals surface area contributed by atoms with Crippen molar-refractivity contribution in [1.29, 1.82) is 0 Å². The Morgan fingerprint density at radius 1 is 1.75 bits per heavy atom. The van der Waals surface area contributed by atoms with Crippen LogP contribution in [0.5, 0.6) is 0 Å². The lowest BCUT2D eigenvalue weighted by atomic mass is 10.0. The molecule has 0 spiro atoms. The van der Waals surface area contributed by atoms with Crippen LogP contribution in [0.15, 0.2) is 9.98 Å². The van der Waals surface area contributed by atoms with Crippen LogP contribution in [0, 0.1) is 0 Å². The molecule has 5 nitrogen and oxygen atoms in total.